The average Bonchev–Trinajstić information content (AvgIpc) is 2.85. The molecule has 2 unspecified atom stereocenters. The van der Waals surface area contributed by atoms with E-state index in [-0.39, 0.29) is 0 Å². The van der Waals surface area contributed by atoms with Gasteiger partial charge >= 0.3 is 0 Å². The predicted molar refractivity (Wildman–Crippen MR) is 58.7 cm³/mol. The highest BCUT2D eigenvalue weighted by atomic mass is 16.5. The topological polar surface area (TPSA) is 39.1 Å². The first-order valence-electron chi connectivity index (χ1n) is 5.68. The van der Waals surface area contributed by atoms with Gasteiger partial charge in [-0.3, -0.25) is 4.68 Å². The van der Waals surface area contributed by atoms with E-state index in [0.717, 1.165) is 32.5 Å². The summed E-state index contributed by atoms with van der Waals surface area (Å²) in [4.78, 5) is 0. The van der Waals surface area contributed by atoms with Crippen molar-refractivity contribution in [1.82, 2.24) is 15.1 Å². The number of nitrogens with zero attached hydrogens (tertiary/aromatic N) is 2. The van der Waals surface area contributed by atoms with Gasteiger partial charge in [0.2, 0.25) is 0 Å². The number of aryl methyl sites for hydroxylation is 1. The van der Waals surface area contributed by atoms with Gasteiger partial charge in [0.25, 0.3) is 0 Å². The van der Waals surface area contributed by atoms with E-state index < -0.39 is 0 Å². The number of hydrogen-bond acceptors (Lipinski definition) is 3. The minimum atomic E-state index is 0.370. The van der Waals surface area contributed by atoms with E-state index in [9.17, 15) is 0 Å². The van der Waals surface area contributed by atoms with Gasteiger partial charge in [0.05, 0.1) is 6.10 Å². The van der Waals surface area contributed by atoms with E-state index in [4.69, 9.17) is 4.74 Å². The molecule has 1 aliphatic heterocycles. The highest BCUT2D eigenvalue weighted by Gasteiger charge is 2.22. The Balaban J connectivity index is 1.59. The maximum absolute atomic E-state index is 5.49. The summed E-state index contributed by atoms with van der Waals surface area (Å²) in [6.07, 6.45) is 6.45. The van der Waals surface area contributed by atoms with Crippen molar-refractivity contribution in [3.05, 3.63) is 18.5 Å². The molecule has 0 amide bonds. The molecule has 0 aliphatic carbocycles. The first-order valence-corrected chi connectivity index (χ1v) is 5.68. The van der Waals surface area contributed by atoms with Crippen LogP contribution in [0.3, 0.4) is 0 Å². The minimum Gasteiger partial charge on any atom is -0.377 e. The second kappa shape index (κ2) is 5.28. The molecule has 4 nitrogen and oxygen atoms in total. The quantitative estimate of drug-likeness (QED) is 0.736. The summed E-state index contributed by atoms with van der Waals surface area (Å²) < 4.78 is 7.46. The van der Waals surface area contributed by atoms with E-state index >= 15 is 0 Å². The van der Waals surface area contributed by atoms with Crippen molar-refractivity contribution < 1.29 is 4.74 Å². The Kier molecular flexibility index (Phi) is 3.75. The van der Waals surface area contributed by atoms with Crippen LogP contribution in [-0.4, -0.2) is 35.1 Å². The largest absolute Gasteiger partial charge is 0.377 e. The van der Waals surface area contributed by atoms with Crippen LogP contribution in [0.25, 0.3) is 0 Å². The normalized spacial score (nSPS) is 25.9. The molecule has 1 aliphatic rings. The van der Waals surface area contributed by atoms with Gasteiger partial charge in [-0.05, 0) is 32.4 Å². The van der Waals surface area contributed by atoms with Gasteiger partial charge in [-0.25, -0.2) is 0 Å². The second-order valence-corrected chi connectivity index (χ2v) is 4.05. The van der Waals surface area contributed by atoms with Crippen LogP contribution in [0.4, 0.5) is 0 Å². The maximum atomic E-state index is 5.49. The third-order valence-corrected chi connectivity index (χ3v) is 2.91. The lowest BCUT2D eigenvalue weighted by atomic mass is 10.1. The lowest BCUT2D eigenvalue weighted by Crippen LogP contribution is -2.35. The van der Waals surface area contributed by atoms with Crippen LogP contribution in [-0.2, 0) is 11.3 Å². The van der Waals surface area contributed by atoms with Crippen LogP contribution in [0.1, 0.15) is 19.8 Å². The van der Waals surface area contributed by atoms with Gasteiger partial charge in [-0.2, -0.15) is 5.10 Å². The molecule has 1 N–H and O–H groups in total. The summed E-state index contributed by atoms with van der Waals surface area (Å²) in [5.74, 6) is 0. The molecule has 0 aromatic carbocycles. The van der Waals surface area contributed by atoms with Crippen molar-refractivity contribution in [3.8, 4) is 0 Å². The Bertz CT molecular complexity index is 273. The van der Waals surface area contributed by atoms with Crippen LogP contribution < -0.4 is 5.32 Å². The molecule has 0 radical (unpaired) electrons. The van der Waals surface area contributed by atoms with Crippen LogP contribution >= 0.6 is 0 Å². The zero-order valence-corrected chi connectivity index (χ0v) is 9.22. The number of hydrogen-bond donors (Lipinski definition) is 1. The molecule has 84 valence electrons. The molecule has 2 rings (SSSR count). The average molecular weight is 209 g/mol. The van der Waals surface area contributed by atoms with Gasteiger partial charge < -0.3 is 10.1 Å². The Hall–Kier alpha value is -0.870. The third-order valence-electron chi connectivity index (χ3n) is 2.91. The molecule has 2 atom stereocenters. The van der Waals surface area contributed by atoms with E-state index in [1.807, 2.05) is 23.1 Å². The van der Waals surface area contributed by atoms with Crippen LogP contribution in [0.2, 0.25) is 0 Å². The van der Waals surface area contributed by atoms with Gasteiger partial charge in [-0.15, -0.1) is 0 Å². The van der Waals surface area contributed by atoms with E-state index in [1.165, 1.54) is 0 Å². The summed E-state index contributed by atoms with van der Waals surface area (Å²) in [6, 6.07) is 2.50. The van der Waals surface area contributed by atoms with Crippen LogP contribution in [0.15, 0.2) is 18.5 Å². The van der Waals surface area contributed by atoms with Gasteiger partial charge in [0, 0.05) is 31.6 Å². The molecule has 1 aromatic rings. The van der Waals surface area contributed by atoms with E-state index in [0.29, 0.717) is 12.1 Å². The molecule has 1 saturated heterocycles. The molecule has 4 heteroatoms. The molecule has 1 aromatic heterocycles. The smallest absolute Gasteiger partial charge is 0.0700 e. The van der Waals surface area contributed by atoms with E-state index in [1.54, 1.807) is 0 Å². The summed E-state index contributed by atoms with van der Waals surface area (Å²) in [5.41, 5.74) is 0. The number of ether oxygens (including phenoxy) is 1. The molecule has 15 heavy (non-hydrogen) atoms. The Morgan fingerprint density at radius 1 is 1.60 bits per heavy atom. The van der Waals surface area contributed by atoms with Crippen molar-refractivity contribution in [3.63, 3.8) is 0 Å². The Labute approximate surface area is 90.6 Å². The summed E-state index contributed by atoms with van der Waals surface area (Å²) in [5, 5.41) is 7.69. The minimum absolute atomic E-state index is 0.370. The predicted octanol–water partition coefficient (Wildman–Crippen LogP) is 1.04. The fourth-order valence-electron chi connectivity index (χ4n) is 1.96. The molecular weight excluding hydrogens is 190 g/mol. The van der Waals surface area contributed by atoms with Crippen molar-refractivity contribution in [1.29, 1.82) is 0 Å². The zero-order chi connectivity index (χ0) is 10.5. The number of aromatic nitrogens is 2. The first-order chi connectivity index (χ1) is 7.36. The summed E-state index contributed by atoms with van der Waals surface area (Å²) in [6.45, 7) is 5.07. The SMILES string of the molecule is CC1OCCC1NCCCn1cccn1. The first kappa shape index (κ1) is 10.6. The fraction of sp³-hybridized carbons (Fsp3) is 0.727. The third kappa shape index (κ3) is 3.04. The maximum Gasteiger partial charge on any atom is 0.0700 e. The number of rotatable bonds is 5. The number of nitrogens with one attached hydrogen (secondary N) is 1. The lowest BCUT2D eigenvalue weighted by Gasteiger charge is -2.15. The zero-order valence-electron chi connectivity index (χ0n) is 9.22. The Morgan fingerprint density at radius 2 is 2.53 bits per heavy atom. The summed E-state index contributed by atoms with van der Waals surface area (Å²) in [7, 11) is 0. The van der Waals surface area contributed by atoms with Gasteiger partial charge in [-0.1, -0.05) is 0 Å². The van der Waals surface area contributed by atoms with Crippen LogP contribution in [0, 0.1) is 0 Å². The molecule has 1 fully saturated rings. The highest BCUT2D eigenvalue weighted by Crippen LogP contribution is 2.12. The van der Waals surface area contributed by atoms with Crippen molar-refractivity contribution in [2.45, 2.75) is 38.5 Å². The second-order valence-electron chi connectivity index (χ2n) is 4.05. The molecule has 0 spiro atoms. The van der Waals surface area contributed by atoms with Crippen LogP contribution in [0.5, 0.6) is 0 Å². The standard InChI is InChI=1S/C11H19N3O/c1-10-11(4-9-15-10)12-5-2-7-14-8-3-6-13-14/h3,6,8,10-12H,2,4-5,7,9H2,1H3. The van der Waals surface area contributed by atoms with Crippen molar-refractivity contribution in [2.75, 3.05) is 13.2 Å². The summed E-state index contributed by atoms with van der Waals surface area (Å²) >= 11 is 0. The Morgan fingerprint density at radius 3 is 3.20 bits per heavy atom. The molecule has 0 bridgehead atoms. The van der Waals surface area contributed by atoms with E-state index in [2.05, 4.69) is 17.3 Å². The van der Waals surface area contributed by atoms with Crippen molar-refractivity contribution >= 4 is 0 Å². The molecule has 0 saturated carbocycles. The monoisotopic (exact) mass is 209 g/mol. The van der Waals surface area contributed by atoms with Gasteiger partial charge in [0.1, 0.15) is 0 Å². The lowest BCUT2D eigenvalue weighted by molar-refractivity contribution is 0.113. The highest BCUT2D eigenvalue weighted by molar-refractivity contribution is 4.80. The molecular formula is C11H19N3O. The van der Waals surface area contributed by atoms with Gasteiger partial charge in [0.15, 0.2) is 0 Å². The molecule has 2 heterocycles. The fourth-order valence-corrected chi connectivity index (χ4v) is 1.96. The van der Waals surface area contributed by atoms with Crippen molar-refractivity contribution in [2.24, 2.45) is 0 Å².